The number of rotatable bonds is 19. The SMILES string of the molecule is Cc1ccc(S(=O)(=O)CCCCCCCCCCCCCCCCS(=O)(=O)c2ccc(C)cc2)cc1. The van der Waals surface area contributed by atoms with Gasteiger partial charge in [0.15, 0.2) is 19.7 Å². The van der Waals surface area contributed by atoms with Gasteiger partial charge in [-0.3, -0.25) is 0 Å². The summed E-state index contributed by atoms with van der Waals surface area (Å²) < 4.78 is 49.4. The van der Waals surface area contributed by atoms with E-state index in [9.17, 15) is 16.8 Å². The molecule has 6 heteroatoms. The average molecular weight is 535 g/mol. The van der Waals surface area contributed by atoms with Gasteiger partial charge in [-0.1, -0.05) is 112 Å². The van der Waals surface area contributed by atoms with E-state index in [0.29, 0.717) is 9.79 Å². The number of aryl methyl sites for hydroxylation is 2. The topological polar surface area (TPSA) is 68.3 Å². The van der Waals surface area contributed by atoms with Crippen molar-refractivity contribution in [3.05, 3.63) is 59.7 Å². The van der Waals surface area contributed by atoms with Crippen molar-refractivity contribution in [2.24, 2.45) is 0 Å². The number of sulfone groups is 2. The van der Waals surface area contributed by atoms with Gasteiger partial charge in [0.1, 0.15) is 0 Å². The fraction of sp³-hybridized carbons (Fsp3) is 0.600. The lowest BCUT2D eigenvalue weighted by molar-refractivity contribution is 0.536. The van der Waals surface area contributed by atoms with Crippen LogP contribution in [0.15, 0.2) is 58.3 Å². The number of hydrogen-bond acceptors (Lipinski definition) is 4. The van der Waals surface area contributed by atoms with Crippen molar-refractivity contribution in [3.63, 3.8) is 0 Å². The standard InChI is InChI=1S/C30H46O4S2/c1-27-17-21-29(22-18-27)35(31,32)25-15-13-11-9-7-5-3-4-6-8-10-12-14-16-26-36(33,34)30-23-19-28(2)20-24-30/h17-24H,3-16,25-26H2,1-2H3. The van der Waals surface area contributed by atoms with E-state index in [1.54, 1.807) is 24.3 Å². The Bertz CT molecular complexity index is 981. The van der Waals surface area contributed by atoms with Gasteiger partial charge >= 0.3 is 0 Å². The summed E-state index contributed by atoms with van der Waals surface area (Å²) in [5, 5.41) is 0. The first-order valence-electron chi connectivity index (χ1n) is 13.8. The van der Waals surface area contributed by atoms with E-state index in [1.165, 1.54) is 51.4 Å². The van der Waals surface area contributed by atoms with Gasteiger partial charge in [-0.05, 0) is 51.0 Å². The fourth-order valence-electron chi connectivity index (χ4n) is 4.43. The molecule has 0 saturated carbocycles. The maximum absolute atomic E-state index is 12.4. The van der Waals surface area contributed by atoms with Gasteiger partial charge in [-0.25, -0.2) is 16.8 Å². The van der Waals surface area contributed by atoms with Crippen LogP contribution in [0.2, 0.25) is 0 Å². The molecule has 0 radical (unpaired) electrons. The molecule has 2 aromatic carbocycles. The van der Waals surface area contributed by atoms with Gasteiger partial charge in [0.25, 0.3) is 0 Å². The van der Waals surface area contributed by atoms with Crippen molar-refractivity contribution in [1.82, 2.24) is 0 Å². The molecule has 0 aliphatic heterocycles. The minimum atomic E-state index is -3.14. The van der Waals surface area contributed by atoms with Crippen molar-refractivity contribution < 1.29 is 16.8 Å². The highest BCUT2D eigenvalue weighted by Crippen LogP contribution is 2.17. The highest BCUT2D eigenvalue weighted by Gasteiger charge is 2.14. The third-order valence-electron chi connectivity index (χ3n) is 6.84. The molecule has 0 unspecified atom stereocenters. The summed E-state index contributed by atoms with van der Waals surface area (Å²) in [4.78, 5) is 0.887. The van der Waals surface area contributed by atoms with Crippen LogP contribution >= 0.6 is 0 Å². The second kappa shape index (κ2) is 16.2. The molecule has 2 aromatic rings. The zero-order valence-corrected chi connectivity index (χ0v) is 24.0. The minimum absolute atomic E-state index is 0.249. The van der Waals surface area contributed by atoms with Gasteiger partial charge in [-0.15, -0.1) is 0 Å². The molecule has 0 aromatic heterocycles. The number of unbranched alkanes of at least 4 members (excludes halogenated alkanes) is 13. The second-order valence-corrected chi connectivity index (χ2v) is 14.4. The highest BCUT2D eigenvalue weighted by molar-refractivity contribution is 7.91. The Morgan fingerprint density at radius 2 is 0.611 bits per heavy atom. The van der Waals surface area contributed by atoms with E-state index >= 15 is 0 Å². The van der Waals surface area contributed by atoms with Gasteiger partial charge in [0, 0.05) is 0 Å². The molecule has 0 fully saturated rings. The average Bonchev–Trinajstić information content (AvgIpc) is 2.84. The Labute approximate surface area is 220 Å². The molecule has 0 spiro atoms. The Balaban J connectivity index is 1.37. The first kappa shape index (κ1) is 30.6. The molecule has 36 heavy (non-hydrogen) atoms. The molecule has 0 heterocycles. The first-order valence-corrected chi connectivity index (χ1v) is 17.1. The summed E-state index contributed by atoms with van der Waals surface area (Å²) >= 11 is 0. The first-order chi connectivity index (χ1) is 17.2. The van der Waals surface area contributed by atoms with Crippen molar-refractivity contribution in [1.29, 1.82) is 0 Å². The van der Waals surface area contributed by atoms with E-state index in [0.717, 1.165) is 49.7 Å². The van der Waals surface area contributed by atoms with E-state index in [1.807, 2.05) is 38.1 Å². The maximum Gasteiger partial charge on any atom is 0.178 e. The van der Waals surface area contributed by atoms with Crippen molar-refractivity contribution in [3.8, 4) is 0 Å². The Hall–Kier alpha value is -1.66. The molecule has 202 valence electrons. The van der Waals surface area contributed by atoms with Crippen LogP contribution in [-0.2, 0) is 19.7 Å². The smallest absolute Gasteiger partial charge is 0.178 e. The highest BCUT2D eigenvalue weighted by atomic mass is 32.2. The van der Waals surface area contributed by atoms with Gasteiger partial charge < -0.3 is 0 Å². The van der Waals surface area contributed by atoms with E-state index in [-0.39, 0.29) is 11.5 Å². The normalized spacial score (nSPS) is 12.2. The summed E-state index contributed by atoms with van der Waals surface area (Å²) in [7, 11) is -6.28. The Morgan fingerprint density at radius 3 is 0.861 bits per heavy atom. The molecular weight excluding hydrogens is 488 g/mol. The minimum Gasteiger partial charge on any atom is -0.224 e. The summed E-state index contributed by atoms with van der Waals surface area (Å²) in [6, 6.07) is 14.3. The molecule has 0 atom stereocenters. The molecule has 0 N–H and O–H groups in total. The largest absolute Gasteiger partial charge is 0.224 e. The predicted molar refractivity (Wildman–Crippen MR) is 151 cm³/mol. The molecule has 0 aliphatic rings. The van der Waals surface area contributed by atoms with Gasteiger partial charge in [0.2, 0.25) is 0 Å². The fourth-order valence-corrected chi connectivity index (χ4v) is 7.17. The van der Waals surface area contributed by atoms with Crippen LogP contribution in [-0.4, -0.2) is 28.3 Å². The van der Waals surface area contributed by atoms with E-state index in [2.05, 4.69) is 0 Å². The Kier molecular flexibility index (Phi) is 13.8. The van der Waals surface area contributed by atoms with Crippen molar-refractivity contribution in [2.45, 2.75) is 114 Å². The lowest BCUT2D eigenvalue weighted by atomic mass is 10.0. The quantitative estimate of drug-likeness (QED) is 0.171. The van der Waals surface area contributed by atoms with Gasteiger partial charge in [-0.2, -0.15) is 0 Å². The monoisotopic (exact) mass is 534 g/mol. The second-order valence-electron chi connectivity index (χ2n) is 10.2. The number of benzene rings is 2. The third kappa shape index (κ3) is 12.1. The van der Waals surface area contributed by atoms with Crippen molar-refractivity contribution in [2.75, 3.05) is 11.5 Å². The van der Waals surface area contributed by atoms with Crippen LogP contribution in [0.5, 0.6) is 0 Å². The summed E-state index contributed by atoms with van der Waals surface area (Å²) in [5.41, 5.74) is 2.15. The summed E-state index contributed by atoms with van der Waals surface area (Å²) in [5.74, 6) is 0.497. The number of hydrogen-bond donors (Lipinski definition) is 0. The van der Waals surface area contributed by atoms with E-state index < -0.39 is 19.7 Å². The molecule has 0 amide bonds. The zero-order chi connectivity index (χ0) is 26.3. The van der Waals surface area contributed by atoms with Crippen LogP contribution in [0.25, 0.3) is 0 Å². The van der Waals surface area contributed by atoms with Crippen molar-refractivity contribution >= 4 is 19.7 Å². The molecule has 0 saturated heterocycles. The lowest BCUT2D eigenvalue weighted by Gasteiger charge is -2.06. The zero-order valence-electron chi connectivity index (χ0n) is 22.4. The predicted octanol–water partition coefficient (Wildman–Crippen LogP) is 8.01. The van der Waals surface area contributed by atoms with Crippen LogP contribution in [0.1, 0.15) is 101 Å². The Morgan fingerprint density at radius 1 is 0.389 bits per heavy atom. The van der Waals surface area contributed by atoms with E-state index in [4.69, 9.17) is 0 Å². The molecule has 4 nitrogen and oxygen atoms in total. The van der Waals surface area contributed by atoms with Crippen LogP contribution in [0.4, 0.5) is 0 Å². The molecule has 0 bridgehead atoms. The van der Waals surface area contributed by atoms with Gasteiger partial charge in [0.05, 0.1) is 21.3 Å². The molecule has 2 rings (SSSR count). The maximum atomic E-state index is 12.4. The lowest BCUT2D eigenvalue weighted by Crippen LogP contribution is -2.06. The van der Waals surface area contributed by atoms with Crippen LogP contribution in [0, 0.1) is 13.8 Å². The van der Waals surface area contributed by atoms with Crippen LogP contribution < -0.4 is 0 Å². The molecular formula is C30H46O4S2. The summed E-state index contributed by atoms with van der Waals surface area (Å²) in [6.07, 6.45) is 15.6. The summed E-state index contributed by atoms with van der Waals surface area (Å²) in [6.45, 7) is 3.93. The molecule has 0 aliphatic carbocycles. The van der Waals surface area contributed by atoms with Crippen LogP contribution in [0.3, 0.4) is 0 Å². The third-order valence-corrected chi connectivity index (χ3v) is 10.5.